The fraction of sp³-hybridized carbons (Fsp3) is 0.300. The standard InChI is InChI=1S/2C20H24N2O2.2ClHO4.2Mn/c2*1-3-17(15-9-5-7-11-19(15)23)21-13-14-22-18(4-2)16-10-6-8-12-20(16)24;2*2-1(3,4)5;;/h2*5-12,23-24H,3-4,13-14H2,1-2H3;2*(H,2,3,4,5);;/q;;;;2*+3/p-6. The number of benzene rings is 4. The van der Waals surface area contributed by atoms with Crippen LogP contribution in [0, 0.1) is 20.5 Å². The molecule has 0 heterocycles. The zero-order chi connectivity index (χ0) is 43.7. The Morgan fingerprint density at radius 3 is 0.633 bits per heavy atom. The normalized spacial score (nSPS) is 11.9. The van der Waals surface area contributed by atoms with Gasteiger partial charge in [0.25, 0.3) is 0 Å². The van der Waals surface area contributed by atoms with Crippen molar-refractivity contribution in [1.29, 1.82) is 0 Å². The molecule has 60 heavy (non-hydrogen) atoms. The molecule has 0 aliphatic rings. The van der Waals surface area contributed by atoms with Gasteiger partial charge in [-0.05, 0) is 47.9 Å². The largest absolute Gasteiger partial charge is 3.00 e. The summed E-state index contributed by atoms with van der Waals surface area (Å²) in [6.45, 7) is 9.95. The summed E-state index contributed by atoms with van der Waals surface area (Å²) in [5, 5.41) is 47.5. The van der Waals surface area contributed by atoms with Gasteiger partial charge in [-0.25, -0.2) is 37.3 Å². The van der Waals surface area contributed by atoms with Crippen LogP contribution in [-0.4, -0.2) is 49.0 Å². The molecule has 0 amide bonds. The van der Waals surface area contributed by atoms with Gasteiger partial charge in [0.15, 0.2) is 0 Å². The van der Waals surface area contributed by atoms with Crippen molar-refractivity contribution in [3.05, 3.63) is 119 Å². The second kappa shape index (κ2) is 31.0. The van der Waals surface area contributed by atoms with E-state index in [9.17, 15) is 20.4 Å². The SMILES string of the molecule is CCC(=NCCN=C(CC)c1ccccc1[O-])c1ccccc1[O-].CCC(=NCCN=C(CC)c1ccccc1[O-])c1ccccc1[O-].[Mn+3].[Mn+3].[O-][Cl+3]([O-])([O-])[O-].[O-][Cl+3]([O-])([O-])[O-]. The number of nitrogens with zero attached hydrogens (tertiary/aromatic N) is 4. The first-order valence-corrected chi connectivity index (χ1v) is 20.2. The molecule has 324 valence electrons. The Morgan fingerprint density at radius 2 is 0.500 bits per heavy atom. The Balaban J connectivity index is 0. The smallest absolute Gasteiger partial charge is 0.872 e. The van der Waals surface area contributed by atoms with Crippen LogP contribution in [0.25, 0.3) is 0 Å². The zero-order valence-electron chi connectivity index (χ0n) is 33.1. The maximum Gasteiger partial charge on any atom is 3.00 e. The van der Waals surface area contributed by atoms with Crippen molar-refractivity contribution >= 4 is 22.8 Å². The third-order valence-corrected chi connectivity index (χ3v) is 7.54. The van der Waals surface area contributed by atoms with Crippen molar-refractivity contribution < 1.29 is 112 Å². The van der Waals surface area contributed by atoms with Crippen molar-refractivity contribution in [2.75, 3.05) is 26.2 Å². The van der Waals surface area contributed by atoms with Gasteiger partial charge in [0.05, 0.1) is 26.2 Å². The van der Waals surface area contributed by atoms with Gasteiger partial charge < -0.3 is 20.4 Å². The van der Waals surface area contributed by atoms with Crippen molar-refractivity contribution in [3.8, 4) is 23.0 Å². The molecule has 0 saturated carbocycles. The van der Waals surface area contributed by atoms with E-state index in [1.807, 2.05) is 52.0 Å². The van der Waals surface area contributed by atoms with E-state index in [1.165, 1.54) is 0 Å². The van der Waals surface area contributed by atoms with E-state index < -0.39 is 20.5 Å². The molecule has 0 bridgehead atoms. The predicted molar refractivity (Wildman–Crippen MR) is 190 cm³/mol. The first kappa shape index (κ1) is 58.2. The summed E-state index contributed by atoms with van der Waals surface area (Å²) < 4.78 is 67.9. The Labute approximate surface area is 375 Å². The summed E-state index contributed by atoms with van der Waals surface area (Å²) in [7, 11) is -9.89. The van der Waals surface area contributed by atoms with E-state index in [2.05, 4.69) is 20.0 Å². The van der Waals surface area contributed by atoms with Crippen molar-refractivity contribution in [2.45, 2.75) is 53.4 Å². The quantitative estimate of drug-likeness (QED) is 0.0671. The molecule has 0 aliphatic heterocycles. The van der Waals surface area contributed by atoms with Crippen LogP contribution >= 0.6 is 0 Å². The maximum atomic E-state index is 11.9. The van der Waals surface area contributed by atoms with Crippen LogP contribution in [0.5, 0.6) is 23.0 Å². The van der Waals surface area contributed by atoms with E-state index in [0.29, 0.717) is 74.1 Å². The minimum atomic E-state index is -4.94. The summed E-state index contributed by atoms with van der Waals surface area (Å²) >= 11 is 0. The molecule has 0 unspecified atom stereocenters. The number of aliphatic imine (C=N–C) groups is 4. The predicted octanol–water partition coefficient (Wildman–Crippen LogP) is -3.65. The summed E-state index contributed by atoms with van der Waals surface area (Å²) in [4.78, 5) is 18.1. The zero-order valence-corrected chi connectivity index (χ0v) is 37.0. The average molecular weight is 954 g/mol. The molecule has 0 saturated heterocycles. The summed E-state index contributed by atoms with van der Waals surface area (Å²) in [5.41, 5.74) is 5.84. The van der Waals surface area contributed by atoms with Crippen LogP contribution in [0.2, 0.25) is 0 Å². The van der Waals surface area contributed by atoms with E-state index in [1.54, 1.807) is 72.8 Å². The van der Waals surface area contributed by atoms with Crippen molar-refractivity contribution in [3.63, 3.8) is 0 Å². The molecule has 4 aromatic rings. The Kier molecular flexibility index (Phi) is 30.0. The fourth-order valence-corrected chi connectivity index (χ4v) is 5.11. The van der Waals surface area contributed by atoms with Crippen LogP contribution in [-0.2, 0) is 34.1 Å². The van der Waals surface area contributed by atoms with Gasteiger partial charge in [-0.15, -0.1) is 20.5 Å². The Bertz CT molecular complexity index is 1680. The fourth-order valence-electron chi connectivity index (χ4n) is 5.11. The average Bonchev–Trinajstić information content (AvgIpc) is 3.15. The van der Waals surface area contributed by atoms with E-state index in [0.717, 1.165) is 22.8 Å². The van der Waals surface area contributed by atoms with Gasteiger partial charge in [0, 0.05) is 22.8 Å². The Morgan fingerprint density at radius 1 is 0.350 bits per heavy atom. The number of hydrogen-bond acceptors (Lipinski definition) is 16. The minimum absolute atomic E-state index is 0. The van der Waals surface area contributed by atoms with Crippen molar-refractivity contribution in [2.24, 2.45) is 20.0 Å². The molecule has 0 atom stereocenters. The van der Waals surface area contributed by atoms with E-state index in [4.69, 9.17) is 37.3 Å². The second-order valence-electron chi connectivity index (χ2n) is 11.5. The van der Waals surface area contributed by atoms with Crippen LogP contribution < -0.4 is 57.7 Å². The third-order valence-electron chi connectivity index (χ3n) is 7.54. The molecule has 0 fully saturated rings. The molecule has 20 heteroatoms. The summed E-state index contributed by atoms with van der Waals surface area (Å²) in [6, 6.07) is 27.8. The maximum absolute atomic E-state index is 11.9. The Hall–Kier alpha value is -3.94. The van der Waals surface area contributed by atoms with Crippen LogP contribution in [0.4, 0.5) is 0 Å². The molecule has 4 aromatic carbocycles. The van der Waals surface area contributed by atoms with Gasteiger partial charge in [-0.2, -0.15) is 0 Å². The molecule has 4 rings (SSSR count). The van der Waals surface area contributed by atoms with Crippen LogP contribution in [0.1, 0.15) is 75.6 Å². The molecule has 0 N–H and O–H groups in total. The molecule has 0 spiro atoms. The molecule has 0 aromatic heterocycles. The molecule has 16 nitrogen and oxygen atoms in total. The number of rotatable bonds is 14. The van der Waals surface area contributed by atoms with Crippen molar-refractivity contribution in [1.82, 2.24) is 0 Å². The number of hydrogen-bond donors (Lipinski definition) is 0. The monoisotopic (exact) mass is 952 g/mol. The van der Waals surface area contributed by atoms with E-state index in [-0.39, 0.29) is 57.1 Å². The van der Waals surface area contributed by atoms with Gasteiger partial charge in [-0.1, -0.05) is 148 Å². The van der Waals surface area contributed by atoms with Gasteiger partial charge in [-0.3, -0.25) is 20.0 Å². The third kappa shape index (κ3) is 25.0. The second-order valence-corrected chi connectivity index (χ2v) is 13.0. The molecule has 0 aliphatic carbocycles. The van der Waals surface area contributed by atoms with Crippen LogP contribution in [0.15, 0.2) is 117 Å². The van der Waals surface area contributed by atoms with Gasteiger partial charge in [0.2, 0.25) is 0 Å². The topological polar surface area (TPSA) is 326 Å². The minimum Gasteiger partial charge on any atom is -0.872 e. The van der Waals surface area contributed by atoms with Gasteiger partial charge in [0.1, 0.15) is 0 Å². The first-order chi connectivity index (χ1) is 27.3. The number of halogens is 2. The summed E-state index contributed by atoms with van der Waals surface area (Å²) in [6.07, 6.45) is 2.81. The molecule has 0 radical (unpaired) electrons. The van der Waals surface area contributed by atoms with E-state index >= 15 is 0 Å². The van der Waals surface area contributed by atoms with Gasteiger partial charge >= 0.3 is 34.1 Å². The summed E-state index contributed by atoms with van der Waals surface area (Å²) in [5.74, 6) is -0.0143. The number of para-hydroxylation sites is 4. The van der Waals surface area contributed by atoms with Crippen LogP contribution in [0.3, 0.4) is 0 Å². The molecular weight excluding hydrogens is 909 g/mol. The first-order valence-electron chi connectivity index (χ1n) is 17.8. The molecular formula is C40H44Cl2Mn2N4O12.